The third-order valence-corrected chi connectivity index (χ3v) is 5.27. The van der Waals surface area contributed by atoms with Gasteiger partial charge in [0.15, 0.2) is 5.16 Å². The van der Waals surface area contributed by atoms with E-state index in [4.69, 9.17) is 0 Å². The first-order valence-corrected chi connectivity index (χ1v) is 9.92. The lowest BCUT2D eigenvalue weighted by atomic mass is 10.1. The predicted molar refractivity (Wildman–Crippen MR) is 114 cm³/mol. The predicted octanol–water partition coefficient (Wildman–Crippen LogP) is 4.80. The number of hydrogen-bond donors (Lipinski definition) is 2. The standard InChI is InChI=1S/C21H24N4OS/c1-5-22-19-16-11-6-7-12-17(16)23-21(25-19)27-15(4)20(26)24-18-13(2)9-8-10-14(18)3/h6-12,15H,5H2,1-4H3,(H,24,26)(H,22,23,25). The Kier molecular flexibility index (Phi) is 5.96. The van der Waals surface area contributed by atoms with Crippen LogP contribution in [0.3, 0.4) is 0 Å². The van der Waals surface area contributed by atoms with Crippen LogP contribution in [0, 0.1) is 13.8 Å². The Morgan fingerprint density at radius 2 is 1.78 bits per heavy atom. The average Bonchev–Trinajstić information content (AvgIpc) is 2.65. The largest absolute Gasteiger partial charge is 0.370 e. The molecule has 1 amide bonds. The topological polar surface area (TPSA) is 66.9 Å². The Balaban J connectivity index is 1.81. The third-order valence-electron chi connectivity index (χ3n) is 4.31. The van der Waals surface area contributed by atoms with Crippen molar-refractivity contribution < 1.29 is 4.79 Å². The van der Waals surface area contributed by atoms with Gasteiger partial charge in [0.2, 0.25) is 5.91 Å². The fraction of sp³-hybridized carbons (Fsp3) is 0.286. The Morgan fingerprint density at radius 3 is 2.48 bits per heavy atom. The number of thioether (sulfide) groups is 1. The van der Waals surface area contributed by atoms with E-state index in [0.717, 1.165) is 40.1 Å². The summed E-state index contributed by atoms with van der Waals surface area (Å²) in [6, 6.07) is 13.9. The van der Waals surface area contributed by atoms with Crippen LogP contribution in [0.5, 0.6) is 0 Å². The van der Waals surface area contributed by atoms with Crippen molar-refractivity contribution in [2.24, 2.45) is 0 Å². The minimum atomic E-state index is -0.320. The van der Waals surface area contributed by atoms with Gasteiger partial charge in [-0.25, -0.2) is 9.97 Å². The number of hydrogen-bond acceptors (Lipinski definition) is 5. The maximum absolute atomic E-state index is 12.7. The first-order valence-electron chi connectivity index (χ1n) is 9.04. The Morgan fingerprint density at radius 1 is 1.07 bits per heavy atom. The number of carbonyl (C=O) groups excluding carboxylic acids is 1. The van der Waals surface area contributed by atoms with E-state index in [2.05, 4.69) is 20.6 Å². The van der Waals surface area contributed by atoms with E-state index in [1.165, 1.54) is 11.8 Å². The highest BCUT2D eigenvalue weighted by Gasteiger charge is 2.19. The van der Waals surface area contributed by atoms with Gasteiger partial charge in [0.05, 0.1) is 10.8 Å². The summed E-state index contributed by atoms with van der Waals surface area (Å²) >= 11 is 1.36. The monoisotopic (exact) mass is 380 g/mol. The van der Waals surface area contributed by atoms with Gasteiger partial charge >= 0.3 is 0 Å². The van der Waals surface area contributed by atoms with Gasteiger partial charge < -0.3 is 10.6 Å². The molecule has 0 radical (unpaired) electrons. The van der Waals surface area contributed by atoms with Crippen molar-refractivity contribution in [3.8, 4) is 0 Å². The number of amides is 1. The highest BCUT2D eigenvalue weighted by Crippen LogP contribution is 2.28. The number of anilines is 2. The zero-order chi connectivity index (χ0) is 19.4. The Bertz CT molecular complexity index is 953. The summed E-state index contributed by atoms with van der Waals surface area (Å²) in [5, 5.41) is 7.58. The first kappa shape index (κ1) is 19.2. The number of fused-ring (bicyclic) bond motifs is 1. The van der Waals surface area contributed by atoms with Crippen LogP contribution in [0.2, 0.25) is 0 Å². The summed E-state index contributed by atoms with van der Waals surface area (Å²) in [6.07, 6.45) is 0. The second-order valence-electron chi connectivity index (χ2n) is 6.42. The third kappa shape index (κ3) is 4.39. The second-order valence-corrected chi connectivity index (χ2v) is 7.73. The maximum Gasteiger partial charge on any atom is 0.237 e. The minimum absolute atomic E-state index is 0.0563. The number of para-hydroxylation sites is 2. The van der Waals surface area contributed by atoms with E-state index in [0.29, 0.717) is 5.16 Å². The van der Waals surface area contributed by atoms with Crippen molar-refractivity contribution in [3.05, 3.63) is 53.6 Å². The van der Waals surface area contributed by atoms with Gasteiger partial charge in [-0.15, -0.1) is 0 Å². The summed E-state index contributed by atoms with van der Waals surface area (Å²) in [4.78, 5) is 21.9. The molecule has 5 nitrogen and oxygen atoms in total. The molecular weight excluding hydrogens is 356 g/mol. The Hall–Kier alpha value is -2.60. The maximum atomic E-state index is 12.7. The lowest BCUT2D eigenvalue weighted by molar-refractivity contribution is -0.115. The van der Waals surface area contributed by atoms with E-state index in [1.807, 2.05) is 70.2 Å². The highest BCUT2D eigenvalue weighted by atomic mass is 32.2. The molecule has 3 aromatic rings. The lowest BCUT2D eigenvalue weighted by Gasteiger charge is -2.15. The summed E-state index contributed by atoms with van der Waals surface area (Å²) in [7, 11) is 0. The van der Waals surface area contributed by atoms with Gasteiger partial charge in [0, 0.05) is 17.6 Å². The van der Waals surface area contributed by atoms with E-state index in [-0.39, 0.29) is 11.2 Å². The average molecular weight is 381 g/mol. The molecule has 1 atom stereocenters. The molecule has 0 spiro atoms. The van der Waals surface area contributed by atoms with Crippen molar-refractivity contribution in [1.82, 2.24) is 9.97 Å². The summed E-state index contributed by atoms with van der Waals surface area (Å²) in [5.74, 6) is 0.743. The molecule has 140 valence electrons. The number of benzene rings is 2. The number of nitrogens with zero attached hydrogens (tertiary/aromatic N) is 2. The van der Waals surface area contributed by atoms with Crippen LogP contribution in [0.1, 0.15) is 25.0 Å². The van der Waals surface area contributed by atoms with E-state index in [1.54, 1.807) is 0 Å². The second kappa shape index (κ2) is 8.39. The zero-order valence-corrected chi connectivity index (χ0v) is 16.9. The normalized spacial score (nSPS) is 12.0. The molecule has 2 N–H and O–H groups in total. The molecule has 0 aliphatic heterocycles. The summed E-state index contributed by atoms with van der Waals surface area (Å²) in [5.41, 5.74) is 3.85. The van der Waals surface area contributed by atoms with Gasteiger partial charge in [-0.2, -0.15) is 0 Å². The molecule has 1 unspecified atom stereocenters. The van der Waals surface area contributed by atoms with Crippen molar-refractivity contribution in [3.63, 3.8) is 0 Å². The van der Waals surface area contributed by atoms with Crippen LogP contribution in [0.25, 0.3) is 10.9 Å². The molecule has 1 heterocycles. The molecule has 0 fully saturated rings. The van der Waals surface area contributed by atoms with Crippen LogP contribution < -0.4 is 10.6 Å². The number of rotatable bonds is 6. The van der Waals surface area contributed by atoms with Crippen LogP contribution >= 0.6 is 11.8 Å². The van der Waals surface area contributed by atoms with Gasteiger partial charge in [-0.3, -0.25) is 4.79 Å². The first-order chi connectivity index (χ1) is 13.0. The molecule has 0 saturated heterocycles. The molecule has 3 rings (SSSR count). The smallest absolute Gasteiger partial charge is 0.237 e. The van der Waals surface area contributed by atoms with Crippen molar-refractivity contribution in [2.75, 3.05) is 17.2 Å². The molecule has 6 heteroatoms. The van der Waals surface area contributed by atoms with Gasteiger partial charge in [-0.1, -0.05) is 42.1 Å². The molecule has 27 heavy (non-hydrogen) atoms. The lowest BCUT2D eigenvalue weighted by Crippen LogP contribution is -2.23. The van der Waals surface area contributed by atoms with Crippen LogP contribution in [-0.2, 0) is 4.79 Å². The molecule has 0 aliphatic rings. The summed E-state index contributed by atoms with van der Waals surface area (Å²) < 4.78 is 0. The number of aryl methyl sites for hydroxylation is 2. The zero-order valence-electron chi connectivity index (χ0n) is 16.0. The van der Waals surface area contributed by atoms with Crippen molar-refractivity contribution in [1.29, 1.82) is 0 Å². The van der Waals surface area contributed by atoms with Crippen molar-refractivity contribution >= 4 is 40.1 Å². The minimum Gasteiger partial charge on any atom is -0.370 e. The highest BCUT2D eigenvalue weighted by molar-refractivity contribution is 8.00. The SMILES string of the molecule is CCNc1nc(SC(C)C(=O)Nc2c(C)cccc2C)nc2ccccc12. The molecule has 0 saturated carbocycles. The summed E-state index contributed by atoms with van der Waals surface area (Å²) in [6.45, 7) is 8.67. The van der Waals surface area contributed by atoms with E-state index < -0.39 is 0 Å². The van der Waals surface area contributed by atoms with Crippen LogP contribution in [-0.4, -0.2) is 27.7 Å². The number of nitrogens with one attached hydrogen (secondary N) is 2. The number of aromatic nitrogens is 2. The Labute approximate surface area is 164 Å². The van der Waals surface area contributed by atoms with Gasteiger partial charge in [0.25, 0.3) is 0 Å². The molecule has 0 aliphatic carbocycles. The molecule has 0 bridgehead atoms. The van der Waals surface area contributed by atoms with E-state index in [9.17, 15) is 4.79 Å². The van der Waals surface area contributed by atoms with Crippen LogP contribution in [0.15, 0.2) is 47.6 Å². The quantitative estimate of drug-likeness (QED) is 0.475. The fourth-order valence-electron chi connectivity index (χ4n) is 2.86. The van der Waals surface area contributed by atoms with E-state index >= 15 is 0 Å². The molecular formula is C21H24N4OS. The van der Waals surface area contributed by atoms with Gasteiger partial charge in [-0.05, 0) is 51.0 Å². The molecule has 2 aromatic carbocycles. The number of carbonyl (C=O) groups is 1. The fourth-order valence-corrected chi connectivity index (χ4v) is 3.64. The molecule has 1 aromatic heterocycles. The van der Waals surface area contributed by atoms with Crippen molar-refractivity contribution in [2.45, 2.75) is 38.1 Å². The van der Waals surface area contributed by atoms with Gasteiger partial charge in [0.1, 0.15) is 5.82 Å². The van der Waals surface area contributed by atoms with Crippen LogP contribution in [0.4, 0.5) is 11.5 Å².